The Labute approximate surface area is 126 Å². The van der Waals surface area contributed by atoms with Gasteiger partial charge < -0.3 is 15.5 Å². The summed E-state index contributed by atoms with van der Waals surface area (Å²) >= 11 is 10.9. The molecule has 104 valence electrons. The fourth-order valence-electron chi connectivity index (χ4n) is 1.74. The van der Waals surface area contributed by atoms with Crippen LogP contribution >= 0.6 is 23.8 Å². The summed E-state index contributed by atoms with van der Waals surface area (Å²) in [5.41, 5.74) is 6.73. The van der Waals surface area contributed by atoms with Gasteiger partial charge in [-0.05, 0) is 30.3 Å². The first-order valence-electron chi connectivity index (χ1n) is 5.98. The maximum atomic E-state index is 11.9. The maximum Gasteiger partial charge on any atom is 0.224 e. The van der Waals surface area contributed by atoms with Crippen LogP contribution in [0.4, 0.5) is 5.69 Å². The van der Waals surface area contributed by atoms with Crippen molar-refractivity contribution in [2.45, 2.75) is 12.8 Å². The maximum absolute atomic E-state index is 11.9. The molecule has 0 radical (unpaired) electrons. The molecule has 0 spiro atoms. The Kier molecular flexibility index (Phi) is 4.76. The highest BCUT2D eigenvalue weighted by Gasteiger charge is 2.10. The molecule has 0 saturated heterocycles. The Bertz CT molecular complexity index is 626. The molecule has 1 aromatic carbocycles. The van der Waals surface area contributed by atoms with Crippen molar-refractivity contribution in [3.05, 3.63) is 52.9 Å². The molecular weight excluding hydrogens is 296 g/mol. The van der Waals surface area contributed by atoms with Gasteiger partial charge in [0.25, 0.3) is 0 Å². The average molecular weight is 309 g/mol. The number of anilines is 1. The van der Waals surface area contributed by atoms with Crippen LogP contribution in [-0.2, 0) is 11.2 Å². The van der Waals surface area contributed by atoms with E-state index in [9.17, 15) is 4.79 Å². The van der Waals surface area contributed by atoms with Crippen molar-refractivity contribution in [1.82, 2.24) is 0 Å². The van der Waals surface area contributed by atoms with Crippen LogP contribution in [-0.4, -0.2) is 10.9 Å². The van der Waals surface area contributed by atoms with E-state index in [-0.39, 0.29) is 10.9 Å². The molecular formula is C14H13ClN2O2S. The summed E-state index contributed by atoms with van der Waals surface area (Å²) in [4.78, 5) is 12.1. The van der Waals surface area contributed by atoms with Crippen LogP contribution in [0.5, 0.6) is 0 Å². The van der Waals surface area contributed by atoms with Crippen LogP contribution in [0, 0.1) is 0 Å². The number of rotatable bonds is 5. The lowest BCUT2D eigenvalue weighted by Gasteiger charge is -2.10. The number of hydrogen-bond acceptors (Lipinski definition) is 3. The average Bonchev–Trinajstić information content (AvgIpc) is 2.89. The Hall–Kier alpha value is -1.85. The quantitative estimate of drug-likeness (QED) is 0.833. The molecule has 0 aliphatic carbocycles. The van der Waals surface area contributed by atoms with Crippen LogP contribution in [0.25, 0.3) is 0 Å². The zero-order chi connectivity index (χ0) is 14.5. The van der Waals surface area contributed by atoms with Gasteiger partial charge in [-0.1, -0.05) is 23.8 Å². The third-order valence-electron chi connectivity index (χ3n) is 2.70. The normalized spacial score (nSPS) is 10.2. The van der Waals surface area contributed by atoms with E-state index in [1.54, 1.807) is 30.5 Å². The fourth-order valence-corrected chi connectivity index (χ4v) is 2.09. The van der Waals surface area contributed by atoms with Crippen LogP contribution in [0.1, 0.15) is 17.7 Å². The molecule has 0 atom stereocenters. The topological polar surface area (TPSA) is 68.3 Å². The van der Waals surface area contributed by atoms with Gasteiger partial charge in [-0.15, -0.1) is 0 Å². The Balaban J connectivity index is 2.03. The number of nitrogens with one attached hydrogen (secondary N) is 1. The number of benzene rings is 1. The van der Waals surface area contributed by atoms with E-state index < -0.39 is 0 Å². The lowest BCUT2D eigenvalue weighted by molar-refractivity contribution is -0.116. The second kappa shape index (κ2) is 6.54. The molecule has 6 heteroatoms. The molecule has 1 amide bonds. The second-order valence-electron chi connectivity index (χ2n) is 4.18. The molecule has 1 aromatic heterocycles. The molecule has 2 aromatic rings. The minimum atomic E-state index is -0.152. The van der Waals surface area contributed by atoms with E-state index in [0.717, 1.165) is 5.76 Å². The van der Waals surface area contributed by atoms with Gasteiger partial charge in [-0.25, -0.2) is 0 Å². The third kappa shape index (κ3) is 3.82. The lowest BCUT2D eigenvalue weighted by Crippen LogP contribution is -2.17. The number of aryl methyl sites for hydroxylation is 1. The van der Waals surface area contributed by atoms with Crippen molar-refractivity contribution < 1.29 is 9.21 Å². The number of halogens is 1. The number of hydrogen-bond donors (Lipinski definition) is 2. The van der Waals surface area contributed by atoms with Gasteiger partial charge in [0.05, 0.1) is 12.0 Å². The highest BCUT2D eigenvalue weighted by molar-refractivity contribution is 7.80. The van der Waals surface area contributed by atoms with Gasteiger partial charge in [0.15, 0.2) is 0 Å². The van der Waals surface area contributed by atoms with Gasteiger partial charge in [0.1, 0.15) is 10.7 Å². The van der Waals surface area contributed by atoms with Gasteiger partial charge in [-0.3, -0.25) is 4.79 Å². The predicted octanol–water partition coefficient (Wildman–Crippen LogP) is 3.14. The minimum Gasteiger partial charge on any atom is -0.469 e. The predicted molar refractivity (Wildman–Crippen MR) is 83.0 cm³/mol. The summed E-state index contributed by atoms with van der Waals surface area (Å²) in [6.07, 6.45) is 2.41. The molecule has 2 rings (SSSR count). The van der Waals surface area contributed by atoms with E-state index >= 15 is 0 Å². The van der Waals surface area contributed by atoms with Gasteiger partial charge in [0, 0.05) is 23.4 Å². The number of carbonyl (C=O) groups is 1. The van der Waals surface area contributed by atoms with Crippen LogP contribution in [0.2, 0.25) is 5.02 Å². The molecule has 0 unspecified atom stereocenters. The van der Waals surface area contributed by atoms with Gasteiger partial charge in [0.2, 0.25) is 5.91 Å². The molecule has 3 N–H and O–H groups in total. The molecule has 0 aliphatic heterocycles. The van der Waals surface area contributed by atoms with Crippen LogP contribution in [0.3, 0.4) is 0 Å². The number of amides is 1. The summed E-state index contributed by atoms with van der Waals surface area (Å²) in [6, 6.07) is 8.60. The van der Waals surface area contributed by atoms with E-state index in [2.05, 4.69) is 5.32 Å². The van der Waals surface area contributed by atoms with E-state index in [0.29, 0.717) is 29.1 Å². The van der Waals surface area contributed by atoms with E-state index in [1.807, 2.05) is 6.07 Å². The summed E-state index contributed by atoms with van der Waals surface area (Å²) in [6.45, 7) is 0. The van der Waals surface area contributed by atoms with E-state index in [1.165, 1.54) is 0 Å². The smallest absolute Gasteiger partial charge is 0.224 e. The molecule has 0 saturated carbocycles. The van der Waals surface area contributed by atoms with Crippen molar-refractivity contribution in [2.24, 2.45) is 5.73 Å². The second-order valence-corrected chi connectivity index (χ2v) is 5.06. The zero-order valence-electron chi connectivity index (χ0n) is 10.6. The monoisotopic (exact) mass is 308 g/mol. The van der Waals surface area contributed by atoms with E-state index in [4.69, 9.17) is 34.0 Å². The number of nitrogens with two attached hydrogens (primary N) is 1. The zero-order valence-corrected chi connectivity index (χ0v) is 12.1. The number of furan rings is 1. The van der Waals surface area contributed by atoms with Crippen LogP contribution in [0.15, 0.2) is 41.0 Å². The summed E-state index contributed by atoms with van der Waals surface area (Å²) in [5.74, 6) is 0.613. The first-order valence-corrected chi connectivity index (χ1v) is 6.76. The highest BCUT2D eigenvalue weighted by atomic mass is 35.5. The summed E-state index contributed by atoms with van der Waals surface area (Å²) < 4.78 is 5.17. The van der Waals surface area contributed by atoms with Crippen molar-refractivity contribution in [3.63, 3.8) is 0 Å². The summed E-state index contributed by atoms with van der Waals surface area (Å²) in [5, 5.41) is 3.27. The molecule has 0 fully saturated rings. The van der Waals surface area contributed by atoms with Crippen molar-refractivity contribution >= 4 is 40.4 Å². The Morgan fingerprint density at radius 1 is 1.40 bits per heavy atom. The van der Waals surface area contributed by atoms with Gasteiger partial charge >= 0.3 is 0 Å². The molecule has 20 heavy (non-hydrogen) atoms. The number of thiocarbonyl (C=S) groups is 1. The molecule has 0 bridgehead atoms. The minimum absolute atomic E-state index is 0.152. The molecule has 1 heterocycles. The van der Waals surface area contributed by atoms with Gasteiger partial charge in [-0.2, -0.15) is 0 Å². The lowest BCUT2D eigenvalue weighted by atomic mass is 10.1. The standard InChI is InChI=1S/C14H13ClN2O2S/c15-9-3-5-11(14(16)20)12(8-9)17-13(18)6-4-10-2-1-7-19-10/h1-3,5,7-8H,4,6H2,(H2,16,20)(H,17,18). The first kappa shape index (κ1) is 14.6. The largest absolute Gasteiger partial charge is 0.469 e. The Morgan fingerprint density at radius 3 is 2.85 bits per heavy atom. The highest BCUT2D eigenvalue weighted by Crippen LogP contribution is 2.21. The SMILES string of the molecule is NC(=S)c1ccc(Cl)cc1NC(=O)CCc1ccco1. The van der Waals surface area contributed by atoms with Crippen LogP contribution < -0.4 is 11.1 Å². The molecule has 0 aliphatic rings. The van der Waals surface area contributed by atoms with Crippen molar-refractivity contribution in [2.75, 3.05) is 5.32 Å². The number of carbonyl (C=O) groups excluding carboxylic acids is 1. The fraction of sp³-hybridized carbons (Fsp3) is 0.143. The third-order valence-corrected chi connectivity index (χ3v) is 3.15. The molecule has 4 nitrogen and oxygen atoms in total. The Morgan fingerprint density at radius 2 is 2.20 bits per heavy atom. The van der Waals surface area contributed by atoms with Crippen molar-refractivity contribution in [1.29, 1.82) is 0 Å². The first-order chi connectivity index (χ1) is 9.56. The van der Waals surface area contributed by atoms with Crippen molar-refractivity contribution in [3.8, 4) is 0 Å². The summed E-state index contributed by atoms with van der Waals surface area (Å²) in [7, 11) is 0.